The monoisotopic (exact) mass is 413 g/mol. The van der Waals surface area contributed by atoms with E-state index in [4.69, 9.17) is 9.47 Å². The Morgan fingerprint density at radius 3 is 2.73 bits per heavy atom. The fourth-order valence-corrected chi connectivity index (χ4v) is 9.67. The van der Waals surface area contributed by atoms with E-state index in [1.807, 2.05) is 0 Å². The minimum atomic E-state index is -0.165. The second-order valence-corrected chi connectivity index (χ2v) is 11.2. The molecule has 4 aliphatic carbocycles. The Balaban J connectivity index is 1.58. The number of carbonyl (C=O) groups is 2. The van der Waals surface area contributed by atoms with Crippen LogP contribution in [0.5, 0.6) is 0 Å². The molecule has 4 bridgehead atoms. The van der Waals surface area contributed by atoms with Crippen molar-refractivity contribution in [3.8, 4) is 0 Å². The highest BCUT2D eigenvalue weighted by molar-refractivity contribution is 5.75. The van der Waals surface area contributed by atoms with Gasteiger partial charge in [-0.2, -0.15) is 0 Å². The predicted molar refractivity (Wildman–Crippen MR) is 111 cm³/mol. The van der Waals surface area contributed by atoms with Crippen LogP contribution in [0.4, 0.5) is 0 Å². The molecule has 0 amide bonds. The normalized spacial score (nSPS) is 48.4. The molecule has 0 N–H and O–H groups in total. The summed E-state index contributed by atoms with van der Waals surface area (Å²) in [6.07, 6.45) is 7.92. The molecule has 2 saturated heterocycles. The number of hydrogen-bond donors (Lipinski definition) is 0. The highest BCUT2D eigenvalue weighted by Crippen LogP contribution is 2.76. The second-order valence-electron chi connectivity index (χ2n) is 11.2. The molecule has 6 rings (SSSR count). The average Bonchev–Trinajstić information content (AvgIpc) is 3.36. The Labute approximate surface area is 179 Å². The number of ether oxygens (including phenoxy) is 2. The Bertz CT molecular complexity index is 835. The highest BCUT2D eigenvalue weighted by atomic mass is 16.5. The summed E-state index contributed by atoms with van der Waals surface area (Å²) in [6.45, 7) is 6.85. The first-order valence-electron chi connectivity index (χ1n) is 12.1. The lowest BCUT2D eigenvalue weighted by Crippen LogP contribution is -2.68. The van der Waals surface area contributed by atoms with Crippen LogP contribution in [-0.2, 0) is 19.1 Å². The summed E-state index contributed by atoms with van der Waals surface area (Å²) in [5, 5.41) is 0. The quantitative estimate of drug-likeness (QED) is 0.523. The number of esters is 2. The van der Waals surface area contributed by atoms with Gasteiger partial charge >= 0.3 is 11.9 Å². The maximum atomic E-state index is 13.0. The number of allylic oxidation sites excluding steroid dienone is 1. The Morgan fingerprint density at radius 2 is 1.97 bits per heavy atom. The lowest BCUT2D eigenvalue weighted by atomic mass is 9.43. The highest BCUT2D eigenvalue weighted by Gasteiger charge is 2.75. The van der Waals surface area contributed by atoms with Crippen molar-refractivity contribution in [2.24, 2.45) is 40.4 Å². The minimum Gasteiger partial charge on any atom is -0.469 e. The summed E-state index contributed by atoms with van der Waals surface area (Å²) in [7, 11) is 1.55. The van der Waals surface area contributed by atoms with Crippen LogP contribution in [0.1, 0.15) is 58.8 Å². The van der Waals surface area contributed by atoms with Crippen molar-refractivity contribution in [1.82, 2.24) is 4.90 Å². The second kappa shape index (κ2) is 6.34. The molecule has 1 spiro atoms. The molecular weight excluding hydrogens is 378 g/mol. The van der Waals surface area contributed by atoms with E-state index in [9.17, 15) is 9.59 Å². The van der Waals surface area contributed by atoms with Crippen LogP contribution >= 0.6 is 0 Å². The standard InChI is InChI=1S/C25H35NO4/c1-14-11-26-12-17-6-4-16-5-7-19-20(23(28)29-3)10-25(21(16)19)22(26)18(14)8-9-24(17,25)13-30-15(2)27/h14,17-20,22H,4-13H2,1-3H3. The molecule has 8 unspecified atom stereocenters. The molecule has 5 heteroatoms. The zero-order valence-electron chi connectivity index (χ0n) is 18.6. The first-order chi connectivity index (χ1) is 14.4. The molecule has 4 fully saturated rings. The Morgan fingerprint density at radius 1 is 1.17 bits per heavy atom. The molecule has 0 aromatic carbocycles. The summed E-state index contributed by atoms with van der Waals surface area (Å²) in [5.41, 5.74) is 3.28. The maximum absolute atomic E-state index is 13.0. The summed E-state index contributed by atoms with van der Waals surface area (Å²) < 4.78 is 11.2. The number of carbonyl (C=O) groups excluding carboxylic acids is 2. The van der Waals surface area contributed by atoms with E-state index in [-0.39, 0.29) is 28.7 Å². The van der Waals surface area contributed by atoms with Gasteiger partial charge in [-0.3, -0.25) is 14.5 Å². The first kappa shape index (κ1) is 19.3. The largest absolute Gasteiger partial charge is 0.469 e. The van der Waals surface area contributed by atoms with Gasteiger partial charge in [0.1, 0.15) is 0 Å². The number of rotatable bonds is 3. The lowest BCUT2D eigenvalue weighted by molar-refractivity contribution is -0.187. The SMILES string of the molecule is COC(=O)C1CC23C4=C(CCC41)CCC1CN4CC(C)C(CCC12COC(C)=O)C43. The molecule has 6 aliphatic rings. The molecule has 30 heavy (non-hydrogen) atoms. The third kappa shape index (κ3) is 2.13. The Hall–Kier alpha value is -1.36. The van der Waals surface area contributed by atoms with E-state index >= 15 is 0 Å². The van der Waals surface area contributed by atoms with Crippen LogP contribution in [0.2, 0.25) is 0 Å². The van der Waals surface area contributed by atoms with Crippen molar-refractivity contribution in [3.05, 3.63) is 11.1 Å². The van der Waals surface area contributed by atoms with Crippen LogP contribution in [0.25, 0.3) is 0 Å². The minimum absolute atomic E-state index is 0.00903. The van der Waals surface area contributed by atoms with Crippen LogP contribution in [0.3, 0.4) is 0 Å². The van der Waals surface area contributed by atoms with Gasteiger partial charge in [-0.05, 0) is 68.6 Å². The molecule has 0 aromatic rings. The summed E-state index contributed by atoms with van der Waals surface area (Å²) in [6, 6.07) is 0.506. The van der Waals surface area contributed by atoms with Crippen molar-refractivity contribution in [2.45, 2.75) is 64.8 Å². The molecule has 164 valence electrons. The van der Waals surface area contributed by atoms with E-state index in [2.05, 4.69) is 11.8 Å². The van der Waals surface area contributed by atoms with Crippen molar-refractivity contribution in [2.75, 3.05) is 26.8 Å². The van der Waals surface area contributed by atoms with Crippen LogP contribution in [0.15, 0.2) is 11.1 Å². The smallest absolute Gasteiger partial charge is 0.309 e. The van der Waals surface area contributed by atoms with Gasteiger partial charge in [0.25, 0.3) is 0 Å². The van der Waals surface area contributed by atoms with E-state index in [1.165, 1.54) is 25.8 Å². The van der Waals surface area contributed by atoms with Crippen molar-refractivity contribution < 1.29 is 19.1 Å². The summed E-state index contributed by atoms with van der Waals surface area (Å²) >= 11 is 0. The summed E-state index contributed by atoms with van der Waals surface area (Å²) in [5.74, 6) is 2.09. The molecule has 2 saturated carbocycles. The van der Waals surface area contributed by atoms with Crippen LogP contribution < -0.4 is 0 Å². The van der Waals surface area contributed by atoms with E-state index < -0.39 is 0 Å². The molecule has 5 nitrogen and oxygen atoms in total. The molecule has 0 aromatic heterocycles. The lowest BCUT2D eigenvalue weighted by Gasteiger charge is -2.66. The number of hydrogen-bond acceptors (Lipinski definition) is 5. The molecule has 2 aliphatic heterocycles. The van der Waals surface area contributed by atoms with Crippen molar-refractivity contribution in [3.63, 3.8) is 0 Å². The van der Waals surface area contributed by atoms with Gasteiger partial charge in [0.05, 0.1) is 19.6 Å². The van der Waals surface area contributed by atoms with E-state index in [0.717, 1.165) is 32.2 Å². The van der Waals surface area contributed by atoms with Crippen molar-refractivity contribution in [1.29, 1.82) is 0 Å². The molecular formula is C25H35NO4. The first-order valence-corrected chi connectivity index (χ1v) is 12.1. The van der Waals surface area contributed by atoms with Gasteiger partial charge in [-0.1, -0.05) is 18.1 Å². The van der Waals surface area contributed by atoms with Gasteiger partial charge in [-0.25, -0.2) is 0 Å². The van der Waals surface area contributed by atoms with Crippen molar-refractivity contribution >= 4 is 11.9 Å². The number of piperidine rings is 1. The fraction of sp³-hybridized carbons (Fsp3) is 0.840. The Kier molecular flexibility index (Phi) is 4.08. The molecule has 8 atom stereocenters. The zero-order chi connectivity index (χ0) is 20.8. The molecule has 0 radical (unpaired) electrons. The van der Waals surface area contributed by atoms with E-state index in [0.29, 0.717) is 36.3 Å². The third-order valence-corrected chi connectivity index (χ3v) is 10.5. The van der Waals surface area contributed by atoms with Gasteiger partial charge in [-0.15, -0.1) is 0 Å². The van der Waals surface area contributed by atoms with Gasteiger partial charge in [0, 0.05) is 36.9 Å². The number of methoxy groups -OCH3 is 1. The van der Waals surface area contributed by atoms with Gasteiger partial charge in [0.2, 0.25) is 0 Å². The topological polar surface area (TPSA) is 55.8 Å². The predicted octanol–water partition coefficient (Wildman–Crippen LogP) is 3.58. The van der Waals surface area contributed by atoms with Crippen LogP contribution in [0, 0.1) is 40.4 Å². The van der Waals surface area contributed by atoms with E-state index in [1.54, 1.807) is 25.2 Å². The average molecular weight is 414 g/mol. The van der Waals surface area contributed by atoms with Gasteiger partial charge in [0.15, 0.2) is 0 Å². The molecule has 2 heterocycles. The number of nitrogens with zero attached hydrogens (tertiary/aromatic N) is 1. The maximum Gasteiger partial charge on any atom is 0.309 e. The zero-order valence-corrected chi connectivity index (χ0v) is 18.6. The summed E-state index contributed by atoms with van der Waals surface area (Å²) in [4.78, 5) is 27.8. The van der Waals surface area contributed by atoms with Crippen LogP contribution in [-0.4, -0.2) is 49.7 Å². The fourth-order valence-electron chi connectivity index (χ4n) is 9.67. The third-order valence-electron chi connectivity index (χ3n) is 10.5. The van der Waals surface area contributed by atoms with Gasteiger partial charge < -0.3 is 9.47 Å².